The van der Waals surface area contributed by atoms with Crippen LogP contribution in [0, 0.1) is 0 Å². The number of benzene rings is 1. The highest BCUT2D eigenvalue weighted by Crippen LogP contribution is 2.45. The van der Waals surface area contributed by atoms with Crippen molar-refractivity contribution in [1.82, 2.24) is 0 Å². The number of alkyl halides is 4. The van der Waals surface area contributed by atoms with E-state index >= 15 is 0 Å². The second-order valence-corrected chi connectivity index (χ2v) is 6.20. The van der Waals surface area contributed by atoms with Crippen molar-refractivity contribution >= 4 is 69.6 Å². The standard InChI is InChI=1S/C8H4Cl6/c9-5-2-1-4(3-6(5)10)7(11)8(12,13)14/h1-3,7H. The molecule has 78 valence electrons. The van der Waals surface area contributed by atoms with Crippen LogP contribution in [-0.2, 0) is 0 Å². The fraction of sp³-hybridized carbons (Fsp3) is 0.250. The Hall–Kier alpha value is 0.960. The van der Waals surface area contributed by atoms with Crippen LogP contribution in [0.25, 0.3) is 0 Å². The van der Waals surface area contributed by atoms with Crippen molar-refractivity contribution in [2.75, 3.05) is 0 Å². The first-order valence-corrected chi connectivity index (χ1v) is 5.80. The van der Waals surface area contributed by atoms with Crippen LogP contribution in [0.3, 0.4) is 0 Å². The molecule has 1 aromatic carbocycles. The van der Waals surface area contributed by atoms with Gasteiger partial charge in [-0.1, -0.05) is 64.1 Å². The van der Waals surface area contributed by atoms with Crippen LogP contribution in [0.1, 0.15) is 10.9 Å². The third kappa shape index (κ3) is 3.23. The van der Waals surface area contributed by atoms with E-state index in [0.29, 0.717) is 15.6 Å². The molecule has 0 spiro atoms. The van der Waals surface area contributed by atoms with Gasteiger partial charge in [-0.05, 0) is 17.7 Å². The van der Waals surface area contributed by atoms with Gasteiger partial charge in [-0.3, -0.25) is 0 Å². The Bertz CT molecular complexity index is 329. The van der Waals surface area contributed by atoms with Crippen LogP contribution in [0.2, 0.25) is 10.0 Å². The first-order valence-electron chi connectivity index (χ1n) is 3.48. The third-order valence-corrected chi connectivity index (χ3v) is 3.83. The highest BCUT2D eigenvalue weighted by molar-refractivity contribution is 6.70. The van der Waals surface area contributed by atoms with Crippen LogP contribution in [0.5, 0.6) is 0 Å². The van der Waals surface area contributed by atoms with Crippen molar-refractivity contribution in [3.05, 3.63) is 33.8 Å². The second kappa shape index (κ2) is 4.86. The van der Waals surface area contributed by atoms with Gasteiger partial charge >= 0.3 is 0 Å². The van der Waals surface area contributed by atoms with Gasteiger partial charge < -0.3 is 0 Å². The average molecular weight is 313 g/mol. The largest absolute Gasteiger partial charge is 0.210 e. The highest BCUT2D eigenvalue weighted by atomic mass is 35.6. The average Bonchev–Trinajstić information content (AvgIpc) is 2.07. The van der Waals surface area contributed by atoms with E-state index in [2.05, 4.69) is 0 Å². The van der Waals surface area contributed by atoms with Crippen molar-refractivity contribution in [1.29, 1.82) is 0 Å². The first-order chi connectivity index (χ1) is 6.32. The molecule has 6 heteroatoms. The molecule has 14 heavy (non-hydrogen) atoms. The Morgan fingerprint density at radius 3 is 2.00 bits per heavy atom. The maximum atomic E-state index is 5.91. The molecule has 0 fully saturated rings. The minimum atomic E-state index is -1.57. The molecule has 0 saturated heterocycles. The van der Waals surface area contributed by atoms with Gasteiger partial charge in [0, 0.05) is 0 Å². The highest BCUT2D eigenvalue weighted by Gasteiger charge is 2.32. The van der Waals surface area contributed by atoms with Crippen LogP contribution < -0.4 is 0 Å². The number of rotatable bonds is 1. The van der Waals surface area contributed by atoms with E-state index in [-0.39, 0.29) is 0 Å². The van der Waals surface area contributed by atoms with Crippen molar-refractivity contribution < 1.29 is 0 Å². The van der Waals surface area contributed by atoms with Gasteiger partial charge in [0.15, 0.2) is 0 Å². The SMILES string of the molecule is Clc1ccc(C(Cl)C(Cl)(Cl)Cl)cc1Cl. The predicted molar refractivity (Wildman–Crippen MR) is 65.3 cm³/mol. The molecular weight excluding hydrogens is 309 g/mol. The van der Waals surface area contributed by atoms with Crippen LogP contribution >= 0.6 is 69.6 Å². The van der Waals surface area contributed by atoms with Crippen LogP contribution in [-0.4, -0.2) is 3.79 Å². The maximum Gasteiger partial charge on any atom is 0.210 e. The van der Waals surface area contributed by atoms with Gasteiger partial charge in [0.05, 0.1) is 10.0 Å². The van der Waals surface area contributed by atoms with Gasteiger partial charge in [-0.2, -0.15) is 0 Å². The summed E-state index contributed by atoms with van der Waals surface area (Å²) in [4.78, 5) is 0. The molecule has 0 aliphatic carbocycles. The fourth-order valence-electron chi connectivity index (χ4n) is 0.859. The van der Waals surface area contributed by atoms with E-state index in [4.69, 9.17) is 69.6 Å². The Labute approximate surface area is 112 Å². The van der Waals surface area contributed by atoms with E-state index in [0.717, 1.165) is 0 Å². The summed E-state index contributed by atoms with van der Waals surface area (Å²) in [6.45, 7) is 0. The van der Waals surface area contributed by atoms with E-state index in [1.807, 2.05) is 0 Å². The molecule has 0 heterocycles. The second-order valence-electron chi connectivity index (χ2n) is 2.58. The van der Waals surface area contributed by atoms with E-state index in [9.17, 15) is 0 Å². The molecule has 0 saturated carbocycles. The molecule has 1 aromatic rings. The number of hydrogen-bond acceptors (Lipinski definition) is 0. The summed E-state index contributed by atoms with van der Waals surface area (Å²) >= 11 is 34.3. The zero-order valence-corrected chi connectivity index (χ0v) is 11.1. The lowest BCUT2D eigenvalue weighted by Crippen LogP contribution is -2.11. The molecule has 1 rings (SSSR count). The van der Waals surface area contributed by atoms with Gasteiger partial charge in [-0.25, -0.2) is 0 Å². The molecule has 0 N–H and O–H groups in total. The van der Waals surface area contributed by atoms with E-state index < -0.39 is 9.17 Å². The Balaban J connectivity index is 3.03. The van der Waals surface area contributed by atoms with Gasteiger partial charge in [0.1, 0.15) is 5.38 Å². The summed E-state index contributed by atoms with van der Waals surface area (Å²) in [5, 5.41) is 0.0509. The summed E-state index contributed by atoms with van der Waals surface area (Å²) in [5.74, 6) is 0. The summed E-state index contributed by atoms with van der Waals surface area (Å²) in [5.41, 5.74) is 0.612. The summed E-state index contributed by atoms with van der Waals surface area (Å²) in [7, 11) is 0. The van der Waals surface area contributed by atoms with Crippen LogP contribution in [0.15, 0.2) is 18.2 Å². The molecule has 0 aromatic heterocycles. The van der Waals surface area contributed by atoms with Crippen LogP contribution in [0.4, 0.5) is 0 Å². The van der Waals surface area contributed by atoms with Crippen molar-refractivity contribution in [2.24, 2.45) is 0 Å². The minimum Gasteiger partial charge on any atom is -0.113 e. The topological polar surface area (TPSA) is 0 Å². The summed E-state index contributed by atoms with van der Waals surface area (Å²) < 4.78 is -1.57. The molecule has 0 aliphatic heterocycles. The predicted octanol–water partition coefficient (Wildman–Crippen LogP) is 5.64. The molecule has 0 amide bonds. The Morgan fingerprint density at radius 2 is 1.57 bits per heavy atom. The quantitative estimate of drug-likeness (QED) is 0.588. The minimum absolute atomic E-state index is 0.379. The molecule has 0 aliphatic rings. The number of hydrogen-bond donors (Lipinski definition) is 0. The van der Waals surface area contributed by atoms with Gasteiger partial charge in [-0.15, -0.1) is 11.6 Å². The smallest absolute Gasteiger partial charge is 0.113 e. The van der Waals surface area contributed by atoms with Gasteiger partial charge in [0.25, 0.3) is 0 Å². The third-order valence-electron chi connectivity index (χ3n) is 1.52. The molecule has 0 bridgehead atoms. The van der Waals surface area contributed by atoms with E-state index in [1.54, 1.807) is 18.2 Å². The normalized spacial score (nSPS) is 14.1. The molecule has 0 radical (unpaired) electrons. The zero-order valence-electron chi connectivity index (χ0n) is 6.58. The Morgan fingerprint density at radius 1 is 1.00 bits per heavy atom. The fourth-order valence-corrected chi connectivity index (χ4v) is 1.68. The maximum absolute atomic E-state index is 5.91. The number of halogens is 6. The summed E-state index contributed by atoms with van der Waals surface area (Å²) in [6, 6.07) is 4.84. The zero-order chi connectivity index (χ0) is 10.9. The van der Waals surface area contributed by atoms with Crippen molar-refractivity contribution in [2.45, 2.75) is 9.17 Å². The van der Waals surface area contributed by atoms with Crippen molar-refractivity contribution in [3.63, 3.8) is 0 Å². The van der Waals surface area contributed by atoms with Crippen molar-refractivity contribution in [3.8, 4) is 0 Å². The first kappa shape index (κ1) is 13.0. The molecule has 0 nitrogen and oxygen atoms in total. The molecular formula is C8H4Cl6. The lowest BCUT2D eigenvalue weighted by atomic mass is 10.2. The summed E-state index contributed by atoms with van der Waals surface area (Å²) in [6.07, 6.45) is 0. The Kier molecular flexibility index (Phi) is 4.52. The lowest BCUT2D eigenvalue weighted by Gasteiger charge is -2.18. The van der Waals surface area contributed by atoms with Gasteiger partial charge in [0.2, 0.25) is 3.79 Å². The lowest BCUT2D eigenvalue weighted by molar-refractivity contribution is 0.972. The van der Waals surface area contributed by atoms with E-state index in [1.165, 1.54) is 0 Å². The molecule has 1 unspecified atom stereocenters. The molecule has 1 atom stereocenters. The monoisotopic (exact) mass is 310 g/mol.